The van der Waals surface area contributed by atoms with Gasteiger partial charge in [0, 0.05) is 27.9 Å². The minimum atomic E-state index is -5.17. The van der Waals surface area contributed by atoms with E-state index in [9.17, 15) is 0 Å². The summed E-state index contributed by atoms with van der Waals surface area (Å²) in [4.78, 5) is 0. The van der Waals surface area contributed by atoms with Gasteiger partial charge in [-0.2, -0.15) is 0 Å². The van der Waals surface area contributed by atoms with Crippen molar-refractivity contribution < 1.29 is 81.9 Å². The second-order valence-electron chi connectivity index (χ2n) is 0.816. The van der Waals surface area contributed by atoms with Crippen LogP contribution in [0.4, 0.5) is 0 Å². The second kappa shape index (κ2) is 11.2. The van der Waals surface area contributed by atoms with Crippen LogP contribution >= 0.6 is 0 Å². The summed E-state index contributed by atoms with van der Waals surface area (Å²) in [5.41, 5.74) is 0. The van der Waals surface area contributed by atoms with Gasteiger partial charge < -0.3 is 23.3 Å². The number of hydrogen-bond acceptors (Lipinski definition) is 9. The molecule has 0 bridgehead atoms. The van der Waals surface area contributed by atoms with Crippen LogP contribution in [0.2, 0.25) is 0 Å². The van der Waals surface area contributed by atoms with Crippen molar-refractivity contribution in [3.8, 4) is 0 Å². The maximum Gasteiger partial charge on any atom is 4.00 e. The Morgan fingerprint density at radius 1 is 0.769 bits per heavy atom. The molecule has 0 saturated heterocycles. The SMILES string of the molecule is CO.O=S(=O)([O-])[O-].O=S(=O)([O-])[O-].[Ce+4]. The summed E-state index contributed by atoms with van der Waals surface area (Å²) in [7, 11) is -9.33. The molecule has 9 nitrogen and oxygen atoms in total. The zero-order valence-electron chi connectivity index (χ0n) is 6.03. The fourth-order valence-electron chi connectivity index (χ4n) is 0. The Balaban J connectivity index is -0.0000000491. The van der Waals surface area contributed by atoms with E-state index in [1.165, 1.54) is 0 Å². The van der Waals surface area contributed by atoms with Crippen LogP contribution in [0.3, 0.4) is 0 Å². The van der Waals surface area contributed by atoms with E-state index in [0.29, 0.717) is 0 Å². The molecule has 12 heteroatoms. The zero-order chi connectivity index (χ0) is 11.0. The Kier molecular flexibility index (Phi) is 20.3. The Labute approximate surface area is 109 Å². The largest absolute Gasteiger partial charge is 4.00 e. The molecule has 0 spiro atoms. The minimum absolute atomic E-state index is 0. The molecular weight excluding hydrogens is 360 g/mol. The van der Waals surface area contributed by atoms with Crippen LogP contribution in [0, 0.1) is 41.7 Å². The molecule has 0 radical (unpaired) electrons. The first-order valence-electron chi connectivity index (χ1n) is 1.78. The maximum absolute atomic E-state index is 8.52. The van der Waals surface area contributed by atoms with Crippen LogP contribution in [-0.4, -0.2) is 47.3 Å². The summed E-state index contributed by atoms with van der Waals surface area (Å²) < 4.78 is 68.2. The first kappa shape index (κ1) is 23.7. The van der Waals surface area contributed by atoms with Crippen molar-refractivity contribution in [1.29, 1.82) is 0 Å². The minimum Gasteiger partial charge on any atom is -0.759 e. The van der Waals surface area contributed by atoms with Gasteiger partial charge in [0.2, 0.25) is 0 Å². The van der Waals surface area contributed by atoms with E-state index >= 15 is 0 Å². The molecule has 13 heavy (non-hydrogen) atoms. The van der Waals surface area contributed by atoms with E-state index in [1.807, 2.05) is 0 Å². The maximum atomic E-state index is 8.52. The molecular formula is CH4CeO9S2. The van der Waals surface area contributed by atoms with Gasteiger partial charge in [-0.25, -0.2) is 0 Å². The molecule has 0 fully saturated rings. The molecule has 0 aromatic carbocycles. The summed E-state index contributed by atoms with van der Waals surface area (Å²) in [6.07, 6.45) is 0. The van der Waals surface area contributed by atoms with Crippen molar-refractivity contribution >= 4 is 20.8 Å². The van der Waals surface area contributed by atoms with Crippen molar-refractivity contribution in [2.75, 3.05) is 7.11 Å². The quantitative estimate of drug-likeness (QED) is 0.344. The van der Waals surface area contributed by atoms with Gasteiger partial charge in [0.05, 0.1) is 0 Å². The number of aliphatic hydroxyl groups excluding tert-OH is 1. The summed E-state index contributed by atoms with van der Waals surface area (Å²) >= 11 is 0. The molecule has 0 unspecified atom stereocenters. The predicted octanol–water partition coefficient (Wildman–Crippen LogP) is -3.07. The zero-order valence-corrected chi connectivity index (χ0v) is 10.8. The average molecular weight is 364 g/mol. The predicted molar refractivity (Wildman–Crippen MR) is 29.1 cm³/mol. The number of hydrogen-bond donors (Lipinski definition) is 1. The van der Waals surface area contributed by atoms with Crippen LogP contribution in [0.1, 0.15) is 0 Å². The van der Waals surface area contributed by atoms with Crippen molar-refractivity contribution in [2.45, 2.75) is 0 Å². The summed E-state index contributed by atoms with van der Waals surface area (Å²) in [6, 6.07) is 0. The van der Waals surface area contributed by atoms with E-state index in [2.05, 4.69) is 0 Å². The average Bonchev–Trinajstić information content (AvgIpc) is 1.59. The Morgan fingerprint density at radius 3 is 0.769 bits per heavy atom. The summed E-state index contributed by atoms with van der Waals surface area (Å²) in [5, 5.41) is 7.00. The molecule has 0 rings (SSSR count). The third-order valence-corrected chi connectivity index (χ3v) is 0. The van der Waals surface area contributed by atoms with Gasteiger partial charge in [0.1, 0.15) is 0 Å². The van der Waals surface area contributed by atoms with Crippen LogP contribution in [0.15, 0.2) is 0 Å². The molecule has 0 aromatic heterocycles. The van der Waals surface area contributed by atoms with Crippen molar-refractivity contribution in [3.05, 3.63) is 0 Å². The third kappa shape index (κ3) is 1380. The van der Waals surface area contributed by atoms with E-state index < -0.39 is 20.8 Å². The van der Waals surface area contributed by atoms with Gasteiger partial charge in [0.25, 0.3) is 0 Å². The molecule has 0 heterocycles. The van der Waals surface area contributed by atoms with E-state index in [-0.39, 0.29) is 41.7 Å². The number of rotatable bonds is 0. The van der Waals surface area contributed by atoms with Gasteiger partial charge in [-0.15, -0.1) is 0 Å². The Morgan fingerprint density at radius 2 is 0.769 bits per heavy atom. The molecule has 0 aromatic rings. The molecule has 0 aliphatic rings. The Bertz CT molecular complexity index is 214. The van der Waals surface area contributed by atoms with E-state index in [0.717, 1.165) is 7.11 Å². The summed E-state index contributed by atoms with van der Waals surface area (Å²) in [6.45, 7) is 0. The third-order valence-electron chi connectivity index (χ3n) is 0. The summed E-state index contributed by atoms with van der Waals surface area (Å²) in [5.74, 6) is 0. The Hall–Kier alpha value is 1.08. The molecule has 78 valence electrons. The van der Waals surface area contributed by atoms with Gasteiger partial charge in [0.15, 0.2) is 0 Å². The first-order valence-corrected chi connectivity index (χ1v) is 4.45. The standard InChI is InChI=1S/CH4O.Ce.2H2O4S/c1-2;;2*1-5(2,3)4/h2H,1H3;;2*(H2,1,2,3,4)/q;+4;;/p-4. The monoisotopic (exact) mass is 364 g/mol. The smallest absolute Gasteiger partial charge is 0.759 e. The van der Waals surface area contributed by atoms with Gasteiger partial charge in [-0.1, -0.05) is 0 Å². The van der Waals surface area contributed by atoms with Gasteiger partial charge in [-0.3, -0.25) is 16.8 Å². The molecule has 0 saturated carbocycles. The molecule has 0 aliphatic heterocycles. The first-order chi connectivity index (χ1) is 5.00. The number of aliphatic hydroxyl groups is 1. The second-order valence-corrected chi connectivity index (χ2v) is 2.45. The van der Waals surface area contributed by atoms with Crippen LogP contribution < -0.4 is 0 Å². The van der Waals surface area contributed by atoms with Crippen LogP contribution in [-0.2, 0) is 20.8 Å². The van der Waals surface area contributed by atoms with Crippen LogP contribution in [0.25, 0.3) is 0 Å². The van der Waals surface area contributed by atoms with Crippen LogP contribution in [0.5, 0.6) is 0 Å². The fraction of sp³-hybridized carbons (Fsp3) is 1.00. The molecule has 0 atom stereocenters. The van der Waals surface area contributed by atoms with Crippen molar-refractivity contribution in [3.63, 3.8) is 0 Å². The van der Waals surface area contributed by atoms with Crippen molar-refractivity contribution in [2.24, 2.45) is 0 Å². The normalized spacial score (nSPS) is 9.38. The molecule has 0 amide bonds. The van der Waals surface area contributed by atoms with E-state index in [1.54, 1.807) is 0 Å². The van der Waals surface area contributed by atoms with Gasteiger partial charge in [-0.05, 0) is 0 Å². The molecule has 0 aliphatic carbocycles. The fourth-order valence-corrected chi connectivity index (χ4v) is 0. The topological polar surface area (TPSA) is 181 Å². The molecule has 1 N–H and O–H groups in total. The van der Waals surface area contributed by atoms with E-state index in [4.69, 9.17) is 40.2 Å². The van der Waals surface area contributed by atoms with Gasteiger partial charge >= 0.3 is 41.7 Å². The van der Waals surface area contributed by atoms with Crippen molar-refractivity contribution in [1.82, 2.24) is 0 Å².